The molecule has 8 nitrogen and oxygen atoms in total. The minimum Gasteiger partial charge on any atom is -0.481 e. The third kappa shape index (κ3) is 4.95. The van der Waals surface area contributed by atoms with E-state index in [0.29, 0.717) is 17.5 Å². The Kier molecular flexibility index (Phi) is 6.69. The predicted molar refractivity (Wildman–Crippen MR) is 148 cm³/mol. The number of imidazole rings is 1. The van der Waals surface area contributed by atoms with Gasteiger partial charge in [-0.05, 0) is 36.8 Å². The first-order chi connectivity index (χ1) is 18.5. The van der Waals surface area contributed by atoms with E-state index >= 15 is 0 Å². The van der Waals surface area contributed by atoms with E-state index in [9.17, 15) is 14.7 Å². The molecule has 2 saturated carbocycles. The molecule has 9 heteroatoms. The van der Waals surface area contributed by atoms with Gasteiger partial charge >= 0.3 is 5.97 Å². The molecule has 2 aliphatic rings. The van der Waals surface area contributed by atoms with Gasteiger partial charge < -0.3 is 9.67 Å². The van der Waals surface area contributed by atoms with Crippen LogP contribution in [0.25, 0.3) is 33.5 Å². The van der Waals surface area contributed by atoms with Crippen molar-refractivity contribution in [2.24, 2.45) is 18.9 Å². The number of aryl methyl sites for hydroxylation is 1. The molecule has 1 unspecified atom stereocenters. The number of carboxylic acid groups (broad SMARTS) is 1. The van der Waals surface area contributed by atoms with Gasteiger partial charge in [0.2, 0.25) is 5.91 Å². The average molecular weight is 530 g/mol. The second-order valence-corrected chi connectivity index (χ2v) is 11.4. The van der Waals surface area contributed by atoms with Crippen LogP contribution in [0.5, 0.6) is 0 Å². The number of amides is 1. The molecule has 1 N–H and O–H groups in total. The predicted octanol–water partition coefficient (Wildman–Crippen LogP) is 5.93. The summed E-state index contributed by atoms with van der Waals surface area (Å²) in [6, 6.07) is 10.2. The van der Waals surface area contributed by atoms with Crippen molar-refractivity contribution in [3.8, 4) is 22.4 Å². The first kappa shape index (κ1) is 24.7. The zero-order chi connectivity index (χ0) is 26.2. The van der Waals surface area contributed by atoms with Crippen LogP contribution in [0.15, 0.2) is 48.2 Å². The van der Waals surface area contributed by atoms with Gasteiger partial charge in [-0.1, -0.05) is 49.9 Å². The lowest BCUT2D eigenvalue weighted by atomic mass is 9.90. The minimum atomic E-state index is -0.913. The van der Waals surface area contributed by atoms with Crippen LogP contribution in [0.1, 0.15) is 51.4 Å². The van der Waals surface area contributed by atoms with Crippen molar-refractivity contribution in [3.63, 3.8) is 0 Å². The lowest BCUT2D eigenvalue weighted by Crippen LogP contribution is -2.39. The molecule has 38 heavy (non-hydrogen) atoms. The number of aliphatic carboxylic acids is 1. The summed E-state index contributed by atoms with van der Waals surface area (Å²) in [5.74, 6) is -1.06. The molecule has 6 rings (SSSR count). The lowest BCUT2D eigenvalue weighted by Gasteiger charge is -2.26. The van der Waals surface area contributed by atoms with E-state index in [4.69, 9.17) is 4.98 Å². The number of anilines is 1. The number of nitrogens with zero attached hydrogens (tertiary/aromatic N) is 5. The Balaban J connectivity index is 1.31. The topological polar surface area (TPSA) is 101 Å². The summed E-state index contributed by atoms with van der Waals surface area (Å²) in [6.07, 6.45) is 10.5. The molecule has 0 radical (unpaired) electrons. The van der Waals surface area contributed by atoms with E-state index in [1.54, 1.807) is 11.2 Å². The van der Waals surface area contributed by atoms with E-state index in [0.717, 1.165) is 59.2 Å². The number of thiazole rings is 1. The van der Waals surface area contributed by atoms with Crippen molar-refractivity contribution in [1.82, 2.24) is 19.5 Å². The third-order valence-corrected chi connectivity index (χ3v) is 8.62. The van der Waals surface area contributed by atoms with Gasteiger partial charge in [-0.15, -0.1) is 11.3 Å². The molecule has 0 spiro atoms. The van der Waals surface area contributed by atoms with Crippen LogP contribution in [-0.4, -0.2) is 42.5 Å². The normalized spacial score (nSPS) is 16.7. The largest absolute Gasteiger partial charge is 0.481 e. The summed E-state index contributed by atoms with van der Waals surface area (Å²) in [6.45, 7) is 0. The molecule has 0 saturated heterocycles. The van der Waals surface area contributed by atoms with Crippen molar-refractivity contribution in [2.75, 3.05) is 4.90 Å². The van der Waals surface area contributed by atoms with Crippen LogP contribution in [-0.2, 0) is 16.6 Å². The number of hydrogen-bond donors (Lipinski definition) is 1. The highest BCUT2D eigenvalue weighted by molar-refractivity contribution is 7.14. The molecule has 2 fully saturated rings. The Morgan fingerprint density at radius 3 is 2.63 bits per heavy atom. The molecule has 0 bridgehead atoms. The van der Waals surface area contributed by atoms with Gasteiger partial charge in [0.05, 0.1) is 18.4 Å². The van der Waals surface area contributed by atoms with E-state index in [1.807, 2.05) is 47.5 Å². The van der Waals surface area contributed by atoms with Crippen LogP contribution < -0.4 is 4.90 Å². The smallest absolute Gasteiger partial charge is 0.304 e. The number of carbonyl (C=O) groups is 2. The summed E-state index contributed by atoms with van der Waals surface area (Å²) < 4.78 is 1.89. The monoisotopic (exact) mass is 529 g/mol. The molecule has 3 heterocycles. The molecular weight excluding hydrogens is 498 g/mol. The second-order valence-electron chi connectivity index (χ2n) is 10.6. The van der Waals surface area contributed by atoms with Crippen LogP contribution in [0.3, 0.4) is 0 Å². The fourth-order valence-electron chi connectivity index (χ4n) is 5.71. The quantitative estimate of drug-likeness (QED) is 0.289. The van der Waals surface area contributed by atoms with Crippen molar-refractivity contribution in [1.29, 1.82) is 0 Å². The summed E-state index contributed by atoms with van der Waals surface area (Å²) in [5.41, 5.74) is 5.37. The molecule has 4 aromatic rings. The maximum Gasteiger partial charge on any atom is 0.304 e. The van der Waals surface area contributed by atoms with Gasteiger partial charge in [-0.3, -0.25) is 14.5 Å². The summed E-state index contributed by atoms with van der Waals surface area (Å²) in [5, 5.41) is 12.2. The third-order valence-electron chi connectivity index (χ3n) is 7.78. The average Bonchev–Trinajstić information content (AvgIpc) is 3.27. The Morgan fingerprint density at radius 1 is 1.13 bits per heavy atom. The fourth-order valence-corrected chi connectivity index (χ4v) is 6.61. The second kappa shape index (κ2) is 10.3. The zero-order valence-corrected chi connectivity index (χ0v) is 22.2. The number of pyridine rings is 1. The molecule has 1 atom stereocenters. The molecule has 0 aliphatic heterocycles. The van der Waals surface area contributed by atoms with Crippen LogP contribution in [0.2, 0.25) is 0 Å². The number of benzene rings is 1. The van der Waals surface area contributed by atoms with Crippen molar-refractivity contribution in [2.45, 2.75) is 57.4 Å². The van der Waals surface area contributed by atoms with Crippen LogP contribution in [0.4, 0.5) is 5.13 Å². The summed E-state index contributed by atoms with van der Waals surface area (Å²) in [4.78, 5) is 41.3. The number of hydrogen-bond acceptors (Lipinski definition) is 6. The zero-order valence-electron chi connectivity index (χ0n) is 21.4. The van der Waals surface area contributed by atoms with Crippen molar-refractivity contribution >= 4 is 39.5 Å². The van der Waals surface area contributed by atoms with Gasteiger partial charge in [-0.2, -0.15) is 0 Å². The van der Waals surface area contributed by atoms with Gasteiger partial charge in [0.25, 0.3) is 0 Å². The lowest BCUT2D eigenvalue weighted by molar-refractivity contribution is -0.141. The van der Waals surface area contributed by atoms with Crippen molar-refractivity contribution in [3.05, 3.63) is 48.2 Å². The van der Waals surface area contributed by atoms with Crippen LogP contribution >= 0.6 is 11.3 Å². The minimum absolute atomic E-state index is 0.0826. The Bertz CT molecular complexity index is 1480. The fraction of sp³-hybridized carbons (Fsp3) is 0.414. The van der Waals surface area contributed by atoms with Gasteiger partial charge in [-0.25, -0.2) is 15.0 Å². The number of aromatic nitrogens is 4. The van der Waals surface area contributed by atoms with E-state index in [-0.39, 0.29) is 18.4 Å². The standard InChI is InChI=1S/C29H31N5O3S/c1-33-17-31-24-13-20(15-30-27(24)33)22-8-4-5-9-23(22)25-16-38-29(32-25)34(21-10-11-21)28(37)19(14-26(35)36)12-18-6-2-3-7-18/h4-5,8-9,13,15-19,21H,2-3,6-7,10-12,14H2,1H3,(H,35,36). The van der Waals surface area contributed by atoms with E-state index in [1.165, 1.54) is 24.2 Å². The highest BCUT2D eigenvalue weighted by Crippen LogP contribution is 2.40. The van der Waals surface area contributed by atoms with Crippen molar-refractivity contribution < 1.29 is 14.7 Å². The van der Waals surface area contributed by atoms with E-state index in [2.05, 4.69) is 16.0 Å². The maximum atomic E-state index is 13.8. The number of carbonyl (C=O) groups excluding carboxylic acids is 1. The molecule has 1 amide bonds. The number of carboxylic acids is 1. The molecule has 196 valence electrons. The Morgan fingerprint density at radius 2 is 1.89 bits per heavy atom. The first-order valence-corrected chi connectivity index (χ1v) is 14.2. The van der Waals surface area contributed by atoms with Gasteiger partial charge in [0, 0.05) is 41.7 Å². The number of fused-ring (bicyclic) bond motifs is 1. The summed E-state index contributed by atoms with van der Waals surface area (Å²) in [7, 11) is 1.93. The number of rotatable bonds is 9. The molecule has 1 aromatic carbocycles. The molecule has 2 aliphatic carbocycles. The van der Waals surface area contributed by atoms with Gasteiger partial charge in [0.1, 0.15) is 5.52 Å². The molecule has 3 aromatic heterocycles. The van der Waals surface area contributed by atoms with Crippen LogP contribution in [0, 0.1) is 11.8 Å². The first-order valence-electron chi connectivity index (χ1n) is 13.3. The van der Waals surface area contributed by atoms with E-state index < -0.39 is 11.9 Å². The summed E-state index contributed by atoms with van der Waals surface area (Å²) >= 11 is 1.45. The molecular formula is C29H31N5O3S. The Hall–Kier alpha value is -3.59. The highest BCUT2D eigenvalue weighted by atomic mass is 32.1. The highest BCUT2D eigenvalue weighted by Gasteiger charge is 2.40. The maximum absolute atomic E-state index is 13.8. The SMILES string of the molecule is Cn1cnc2cc(-c3ccccc3-c3csc(N(C(=O)C(CC(=O)O)CC4CCCC4)C4CC4)n3)cnc21. The Labute approximate surface area is 225 Å². The van der Waals surface area contributed by atoms with Gasteiger partial charge in [0.15, 0.2) is 10.8 Å².